The third-order valence-corrected chi connectivity index (χ3v) is 3.88. The van der Waals surface area contributed by atoms with Crippen molar-refractivity contribution in [3.8, 4) is 0 Å². The normalized spacial score (nSPS) is 14.1. The van der Waals surface area contributed by atoms with Crippen LogP contribution < -0.4 is 5.73 Å². The minimum Gasteiger partial charge on any atom is -0.465 e. The van der Waals surface area contributed by atoms with E-state index in [0.29, 0.717) is 12.4 Å². The van der Waals surface area contributed by atoms with E-state index < -0.39 is 5.54 Å². The van der Waals surface area contributed by atoms with Crippen molar-refractivity contribution in [1.82, 2.24) is 0 Å². The maximum Gasteiger partial charge on any atom is 0.326 e. The van der Waals surface area contributed by atoms with Crippen molar-refractivity contribution in [2.24, 2.45) is 5.73 Å². The summed E-state index contributed by atoms with van der Waals surface area (Å²) in [5.41, 5.74) is 6.20. The molecule has 0 fully saturated rings. The minimum absolute atomic E-state index is 0.346. The molecule has 0 saturated heterocycles. The standard InChI is InChI=1S/C13H19NO2S/c1-4-16-12(15)13(3,14)9-17-11-8-6-5-7-10(11)2/h5-8H,4,9,14H2,1-3H3. The van der Waals surface area contributed by atoms with Crippen LogP contribution in [-0.2, 0) is 9.53 Å². The highest BCUT2D eigenvalue weighted by molar-refractivity contribution is 7.99. The number of ether oxygens (including phenoxy) is 1. The Balaban J connectivity index is 2.61. The lowest BCUT2D eigenvalue weighted by Crippen LogP contribution is -2.48. The van der Waals surface area contributed by atoms with Crippen LogP contribution in [0, 0.1) is 6.92 Å². The van der Waals surface area contributed by atoms with Crippen LogP contribution in [0.5, 0.6) is 0 Å². The Morgan fingerprint density at radius 2 is 2.12 bits per heavy atom. The van der Waals surface area contributed by atoms with Gasteiger partial charge in [-0.25, -0.2) is 0 Å². The number of carbonyl (C=O) groups excluding carboxylic acids is 1. The fourth-order valence-corrected chi connectivity index (χ4v) is 2.34. The molecule has 3 nitrogen and oxygen atoms in total. The summed E-state index contributed by atoms with van der Waals surface area (Å²) in [7, 11) is 0. The van der Waals surface area contributed by atoms with Crippen LogP contribution in [0.3, 0.4) is 0 Å². The Kier molecular flexibility index (Phi) is 5.02. The SMILES string of the molecule is CCOC(=O)C(C)(N)CSc1ccccc1C. The Hall–Kier alpha value is -1.00. The van der Waals surface area contributed by atoms with Gasteiger partial charge in [0.15, 0.2) is 0 Å². The molecule has 0 bridgehead atoms. The Labute approximate surface area is 107 Å². The smallest absolute Gasteiger partial charge is 0.326 e. The van der Waals surface area contributed by atoms with Crippen molar-refractivity contribution in [2.45, 2.75) is 31.2 Å². The van der Waals surface area contributed by atoms with Crippen molar-refractivity contribution in [3.05, 3.63) is 29.8 Å². The van der Waals surface area contributed by atoms with Gasteiger partial charge in [-0.1, -0.05) is 18.2 Å². The zero-order valence-electron chi connectivity index (χ0n) is 10.5. The summed E-state index contributed by atoms with van der Waals surface area (Å²) in [5.74, 6) is 0.164. The van der Waals surface area contributed by atoms with Gasteiger partial charge >= 0.3 is 5.97 Å². The lowest BCUT2D eigenvalue weighted by atomic mass is 10.1. The molecule has 2 N–H and O–H groups in total. The molecule has 0 spiro atoms. The molecule has 0 aliphatic carbocycles. The number of benzene rings is 1. The molecule has 0 saturated carbocycles. The van der Waals surface area contributed by atoms with Crippen LogP contribution in [0.15, 0.2) is 29.2 Å². The molecule has 17 heavy (non-hydrogen) atoms. The number of aryl methyl sites for hydroxylation is 1. The van der Waals surface area contributed by atoms with Gasteiger partial charge in [-0.05, 0) is 32.4 Å². The zero-order chi connectivity index (χ0) is 12.9. The zero-order valence-corrected chi connectivity index (χ0v) is 11.3. The van der Waals surface area contributed by atoms with E-state index in [2.05, 4.69) is 0 Å². The molecule has 0 aromatic heterocycles. The Morgan fingerprint density at radius 3 is 2.71 bits per heavy atom. The monoisotopic (exact) mass is 253 g/mol. The predicted molar refractivity (Wildman–Crippen MR) is 71.1 cm³/mol. The van der Waals surface area contributed by atoms with Gasteiger partial charge in [0.2, 0.25) is 0 Å². The van der Waals surface area contributed by atoms with Gasteiger partial charge in [0.25, 0.3) is 0 Å². The molecule has 1 aromatic carbocycles. The number of esters is 1. The molecule has 94 valence electrons. The summed E-state index contributed by atoms with van der Waals surface area (Å²) in [6.07, 6.45) is 0. The van der Waals surface area contributed by atoms with Gasteiger partial charge in [0.05, 0.1) is 6.61 Å². The number of thioether (sulfide) groups is 1. The second-order valence-electron chi connectivity index (χ2n) is 4.19. The lowest BCUT2D eigenvalue weighted by molar-refractivity contribution is -0.148. The summed E-state index contributed by atoms with van der Waals surface area (Å²) in [5, 5.41) is 0. The molecule has 1 aromatic rings. The highest BCUT2D eigenvalue weighted by Crippen LogP contribution is 2.25. The summed E-state index contributed by atoms with van der Waals surface area (Å²) in [6.45, 7) is 5.89. The largest absolute Gasteiger partial charge is 0.465 e. The van der Waals surface area contributed by atoms with Gasteiger partial charge in [-0.2, -0.15) is 0 Å². The van der Waals surface area contributed by atoms with Gasteiger partial charge < -0.3 is 10.5 Å². The summed E-state index contributed by atoms with van der Waals surface area (Å²) in [6, 6.07) is 8.04. The van der Waals surface area contributed by atoms with Crippen LogP contribution in [0.4, 0.5) is 0 Å². The van der Waals surface area contributed by atoms with E-state index >= 15 is 0 Å². The first kappa shape index (κ1) is 14.1. The van der Waals surface area contributed by atoms with Gasteiger partial charge in [-0.3, -0.25) is 4.79 Å². The number of hydrogen-bond acceptors (Lipinski definition) is 4. The topological polar surface area (TPSA) is 52.3 Å². The number of carbonyl (C=O) groups is 1. The molecule has 0 radical (unpaired) electrons. The van der Waals surface area contributed by atoms with Crippen molar-refractivity contribution >= 4 is 17.7 Å². The van der Waals surface area contributed by atoms with Crippen LogP contribution in [0.25, 0.3) is 0 Å². The summed E-state index contributed by atoms with van der Waals surface area (Å²) >= 11 is 1.58. The van der Waals surface area contributed by atoms with Crippen molar-refractivity contribution in [2.75, 3.05) is 12.4 Å². The molecule has 4 heteroatoms. The van der Waals surface area contributed by atoms with Crippen molar-refractivity contribution < 1.29 is 9.53 Å². The first-order valence-electron chi connectivity index (χ1n) is 5.62. The van der Waals surface area contributed by atoms with Gasteiger partial charge in [0.1, 0.15) is 5.54 Å². The molecule has 1 rings (SSSR count). The van der Waals surface area contributed by atoms with E-state index in [1.165, 1.54) is 5.56 Å². The van der Waals surface area contributed by atoms with Crippen molar-refractivity contribution in [1.29, 1.82) is 0 Å². The van der Waals surface area contributed by atoms with Crippen LogP contribution in [-0.4, -0.2) is 23.9 Å². The average molecular weight is 253 g/mol. The second-order valence-corrected chi connectivity index (χ2v) is 5.21. The van der Waals surface area contributed by atoms with E-state index in [4.69, 9.17) is 10.5 Å². The van der Waals surface area contributed by atoms with E-state index in [1.807, 2.05) is 31.2 Å². The van der Waals surface area contributed by atoms with Crippen molar-refractivity contribution in [3.63, 3.8) is 0 Å². The van der Waals surface area contributed by atoms with Crippen LogP contribution in [0.1, 0.15) is 19.4 Å². The summed E-state index contributed by atoms with van der Waals surface area (Å²) < 4.78 is 4.95. The maximum absolute atomic E-state index is 11.6. The minimum atomic E-state index is -0.942. The highest BCUT2D eigenvalue weighted by Gasteiger charge is 2.30. The maximum atomic E-state index is 11.6. The van der Waals surface area contributed by atoms with Gasteiger partial charge in [0, 0.05) is 10.6 Å². The van der Waals surface area contributed by atoms with E-state index in [-0.39, 0.29) is 5.97 Å². The molecular weight excluding hydrogens is 234 g/mol. The molecular formula is C13H19NO2S. The van der Waals surface area contributed by atoms with E-state index in [1.54, 1.807) is 25.6 Å². The van der Waals surface area contributed by atoms with Gasteiger partial charge in [-0.15, -0.1) is 11.8 Å². The quantitative estimate of drug-likeness (QED) is 0.646. The summed E-state index contributed by atoms with van der Waals surface area (Å²) in [4.78, 5) is 12.8. The second kappa shape index (κ2) is 6.07. The number of nitrogens with two attached hydrogens (primary N) is 1. The Morgan fingerprint density at radius 1 is 1.47 bits per heavy atom. The fourth-order valence-electron chi connectivity index (χ4n) is 1.30. The number of hydrogen-bond donors (Lipinski definition) is 1. The number of rotatable bonds is 5. The Bertz CT molecular complexity index is 391. The molecule has 0 aliphatic heterocycles. The third kappa shape index (κ3) is 4.06. The molecule has 1 atom stereocenters. The van der Waals surface area contributed by atoms with Crippen LogP contribution in [0.2, 0.25) is 0 Å². The molecule has 0 aliphatic rings. The third-order valence-electron chi connectivity index (χ3n) is 2.36. The first-order valence-corrected chi connectivity index (χ1v) is 6.60. The lowest BCUT2D eigenvalue weighted by Gasteiger charge is -2.21. The fraction of sp³-hybridized carbons (Fsp3) is 0.462. The molecule has 0 heterocycles. The molecule has 1 unspecified atom stereocenters. The van der Waals surface area contributed by atoms with Crippen LogP contribution >= 0.6 is 11.8 Å². The molecule has 0 amide bonds. The highest BCUT2D eigenvalue weighted by atomic mass is 32.2. The first-order chi connectivity index (χ1) is 7.97. The van der Waals surface area contributed by atoms with E-state index in [9.17, 15) is 4.79 Å². The average Bonchev–Trinajstić information content (AvgIpc) is 2.28. The predicted octanol–water partition coefficient (Wildman–Crippen LogP) is 2.37. The van der Waals surface area contributed by atoms with E-state index in [0.717, 1.165) is 4.90 Å².